The predicted molar refractivity (Wildman–Crippen MR) is 80.7 cm³/mol. The van der Waals surface area contributed by atoms with Crippen LogP contribution in [0, 0.1) is 26.7 Å². The van der Waals surface area contributed by atoms with Gasteiger partial charge in [-0.3, -0.25) is 0 Å². The third kappa shape index (κ3) is 2.80. The Kier molecular flexibility index (Phi) is 3.65. The van der Waals surface area contributed by atoms with Crippen LogP contribution in [0.4, 0.5) is 5.82 Å². The summed E-state index contributed by atoms with van der Waals surface area (Å²) in [6.07, 6.45) is 0.959. The number of benzene rings is 1. The molecule has 2 rings (SSSR count). The number of nitrogen functional groups attached to an aromatic ring is 1. The Bertz CT molecular complexity index is 571. The van der Waals surface area contributed by atoms with Gasteiger partial charge < -0.3 is 5.73 Å². The van der Waals surface area contributed by atoms with E-state index in [9.17, 15) is 0 Å². The molecule has 102 valence electrons. The van der Waals surface area contributed by atoms with Crippen molar-refractivity contribution in [2.45, 2.75) is 41.0 Å². The lowest BCUT2D eigenvalue weighted by atomic mass is 10.1. The second kappa shape index (κ2) is 5.08. The second-order valence-electron chi connectivity index (χ2n) is 5.82. The van der Waals surface area contributed by atoms with Gasteiger partial charge in [-0.25, -0.2) is 4.68 Å². The van der Waals surface area contributed by atoms with Crippen molar-refractivity contribution in [2.24, 2.45) is 5.92 Å². The van der Waals surface area contributed by atoms with Crippen LogP contribution in [-0.2, 0) is 6.42 Å². The smallest absolute Gasteiger partial charge is 0.127 e. The third-order valence-corrected chi connectivity index (χ3v) is 3.25. The maximum atomic E-state index is 6.13. The van der Waals surface area contributed by atoms with Gasteiger partial charge in [0.05, 0.1) is 11.4 Å². The Morgan fingerprint density at radius 3 is 2.21 bits per heavy atom. The molecule has 0 saturated carbocycles. The molecule has 3 heteroatoms. The summed E-state index contributed by atoms with van der Waals surface area (Å²) in [4.78, 5) is 0. The van der Waals surface area contributed by atoms with Crippen LogP contribution in [0.15, 0.2) is 18.2 Å². The normalized spacial score (nSPS) is 11.3. The van der Waals surface area contributed by atoms with E-state index in [2.05, 4.69) is 51.9 Å². The minimum absolute atomic E-state index is 0.586. The number of rotatable bonds is 3. The maximum Gasteiger partial charge on any atom is 0.127 e. The maximum absolute atomic E-state index is 6.13. The molecule has 0 atom stereocenters. The van der Waals surface area contributed by atoms with Crippen molar-refractivity contribution >= 4 is 5.82 Å². The highest BCUT2D eigenvalue weighted by Crippen LogP contribution is 2.24. The van der Waals surface area contributed by atoms with E-state index >= 15 is 0 Å². The van der Waals surface area contributed by atoms with E-state index < -0.39 is 0 Å². The standard InChI is InChI=1S/C16H23N3/c1-10(2)6-14-9-15(17)19(18-14)16-12(4)7-11(3)8-13(16)5/h7-10H,6,17H2,1-5H3. The van der Waals surface area contributed by atoms with Crippen LogP contribution in [0.5, 0.6) is 0 Å². The Morgan fingerprint density at radius 2 is 1.68 bits per heavy atom. The summed E-state index contributed by atoms with van der Waals surface area (Å²) in [6.45, 7) is 10.7. The fourth-order valence-corrected chi connectivity index (χ4v) is 2.65. The summed E-state index contributed by atoms with van der Waals surface area (Å²) in [5, 5.41) is 4.66. The lowest BCUT2D eigenvalue weighted by Crippen LogP contribution is -2.07. The monoisotopic (exact) mass is 257 g/mol. The summed E-state index contributed by atoms with van der Waals surface area (Å²) in [5.74, 6) is 1.30. The van der Waals surface area contributed by atoms with E-state index in [0.717, 1.165) is 17.8 Å². The number of hydrogen-bond donors (Lipinski definition) is 1. The van der Waals surface area contributed by atoms with Gasteiger partial charge in [0, 0.05) is 6.07 Å². The Balaban J connectivity index is 2.50. The van der Waals surface area contributed by atoms with Crippen molar-refractivity contribution in [1.29, 1.82) is 0 Å². The largest absolute Gasteiger partial charge is 0.384 e. The Hall–Kier alpha value is -1.77. The molecule has 3 nitrogen and oxygen atoms in total. The zero-order valence-corrected chi connectivity index (χ0v) is 12.5. The summed E-state index contributed by atoms with van der Waals surface area (Å²) in [7, 11) is 0. The van der Waals surface area contributed by atoms with Crippen LogP contribution in [0.1, 0.15) is 36.2 Å². The van der Waals surface area contributed by atoms with Crippen LogP contribution < -0.4 is 5.73 Å². The first-order valence-corrected chi connectivity index (χ1v) is 6.81. The lowest BCUT2D eigenvalue weighted by molar-refractivity contribution is 0.628. The summed E-state index contributed by atoms with van der Waals surface area (Å²) >= 11 is 0. The van der Waals surface area contributed by atoms with Crippen molar-refractivity contribution in [1.82, 2.24) is 9.78 Å². The highest BCUT2D eigenvalue weighted by Gasteiger charge is 2.12. The van der Waals surface area contributed by atoms with E-state index in [1.807, 2.05) is 10.7 Å². The molecule has 0 fully saturated rings. The molecule has 0 aliphatic heterocycles. The third-order valence-electron chi connectivity index (χ3n) is 3.25. The van der Waals surface area contributed by atoms with Crippen LogP contribution in [0.25, 0.3) is 5.69 Å². The number of nitrogens with two attached hydrogens (primary N) is 1. The highest BCUT2D eigenvalue weighted by atomic mass is 15.3. The molecule has 0 spiro atoms. The summed E-state index contributed by atoms with van der Waals surface area (Å²) < 4.78 is 1.88. The van der Waals surface area contributed by atoms with Gasteiger partial charge >= 0.3 is 0 Å². The van der Waals surface area contributed by atoms with Gasteiger partial charge in [-0.05, 0) is 44.2 Å². The molecule has 0 radical (unpaired) electrons. The lowest BCUT2D eigenvalue weighted by Gasteiger charge is -2.12. The van der Waals surface area contributed by atoms with Gasteiger partial charge in [-0.2, -0.15) is 5.10 Å². The minimum Gasteiger partial charge on any atom is -0.384 e. The molecule has 19 heavy (non-hydrogen) atoms. The highest BCUT2D eigenvalue weighted by molar-refractivity contribution is 5.53. The molecule has 0 aliphatic carbocycles. The number of anilines is 1. The van der Waals surface area contributed by atoms with Gasteiger partial charge in [0.25, 0.3) is 0 Å². The van der Waals surface area contributed by atoms with Crippen molar-refractivity contribution in [2.75, 3.05) is 5.73 Å². The molecule has 1 aromatic carbocycles. The quantitative estimate of drug-likeness (QED) is 0.913. The molecular weight excluding hydrogens is 234 g/mol. The van der Waals surface area contributed by atoms with Gasteiger partial charge in [-0.15, -0.1) is 0 Å². The minimum atomic E-state index is 0.586. The fraction of sp³-hybridized carbons (Fsp3) is 0.438. The Morgan fingerprint density at radius 1 is 1.11 bits per heavy atom. The van der Waals surface area contributed by atoms with Crippen molar-refractivity contribution < 1.29 is 0 Å². The fourth-order valence-electron chi connectivity index (χ4n) is 2.65. The molecule has 2 aromatic rings. The molecule has 0 aliphatic rings. The van der Waals surface area contributed by atoms with E-state index in [0.29, 0.717) is 11.7 Å². The molecule has 1 aromatic heterocycles. The molecule has 0 amide bonds. The molecule has 2 N–H and O–H groups in total. The van der Waals surface area contributed by atoms with Crippen LogP contribution in [0.3, 0.4) is 0 Å². The topological polar surface area (TPSA) is 43.8 Å². The average Bonchev–Trinajstić information content (AvgIpc) is 2.57. The number of nitrogens with zero attached hydrogens (tertiary/aromatic N) is 2. The molecule has 1 heterocycles. The number of aromatic nitrogens is 2. The molecule has 0 bridgehead atoms. The first-order chi connectivity index (χ1) is 8.88. The molecular formula is C16H23N3. The zero-order valence-electron chi connectivity index (χ0n) is 12.5. The van der Waals surface area contributed by atoms with E-state index in [1.165, 1.54) is 16.7 Å². The van der Waals surface area contributed by atoms with Gasteiger partial charge in [0.15, 0.2) is 0 Å². The predicted octanol–water partition coefficient (Wildman–Crippen LogP) is 3.58. The van der Waals surface area contributed by atoms with E-state index in [-0.39, 0.29) is 0 Å². The second-order valence-corrected chi connectivity index (χ2v) is 5.82. The van der Waals surface area contributed by atoms with Crippen molar-refractivity contribution in [3.63, 3.8) is 0 Å². The summed E-state index contributed by atoms with van der Waals surface area (Å²) in [5.41, 5.74) is 12.0. The van der Waals surface area contributed by atoms with E-state index in [4.69, 9.17) is 5.73 Å². The molecule has 0 saturated heterocycles. The van der Waals surface area contributed by atoms with Crippen LogP contribution >= 0.6 is 0 Å². The van der Waals surface area contributed by atoms with Crippen LogP contribution in [-0.4, -0.2) is 9.78 Å². The van der Waals surface area contributed by atoms with Crippen molar-refractivity contribution in [3.8, 4) is 5.69 Å². The zero-order chi connectivity index (χ0) is 14.2. The van der Waals surface area contributed by atoms with Gasteiger partial charge in [0.1, 0.15) is 5.82 Å². The SMILES string of the molecule is Cc1cc(C)c(-n2nc(CC(C)C)cc2N)c(C)c1. The first-order valence-electron chi connectivity index (χ1n) is 6.81. The Labute approximate surface area is 115 Å². The average molecular weight is 257 g/mol. The molecule has 0 unspecified atom stereocenters. The first kappa shape index (κ1) is 13.7. The van der Waals surface area contributed by atoms with E-state index in [1.54, 1.807) is 0 Å². The van der Waals surface area contributed by atoms with Crippen LogP contribution in [0.2, 0.25) is 0 Å². The number of hydrogen-bond acceptors (Lipinski definition) is 2. The van der Waals surface area contributed by atoms with Gasteiger partial charge in [-0.1, -0.05) is 31.5 Å². The van der Waals surface area contributed by atoms with Crippen molar-refractivity contribution in [3.05, 3.63) is 40.6 Å². The summed E-state index contributed by atoms with van der Waals surface area (Å²) in [6, 6.07) is 6.33. The van der Waals surface area contributed by atoms with Gasteiger partial charge in [0.2, 0.25) is 0 Å². The number of aryl methyl sites for hydroxylation is 3.